The van der Waals surface area contributed by atoms with Crippen molar-refractivity contribution in [2.75, 3.05) is 25.7 Å². The average molecular weight is 497 g/mol. The van der Waals surface area contributed by atoms with Crippen molar-refractivity contribution in [3.05, 3.63) is 29.8 Å². The maximum Gasteiger partial charge on any atom is 0.191 e. The first-order valence-electron chi connectivity index (χ1n) is 8.56. The minimum absolute atomic E-state index is 0. The third-order valence-corrected chi connectivity index (χ3v) is 4.45. The van der Waals surface area contributed by atoms with Crippen LogP contribution in [0.2, 0.25) is 0 Å². The van der Waals surface area contributed by atoms with Gasteiger partial charge in [-0.05, 0) is 37.0 Å². The van der Waals surface area contributed by atoms with Crippen molar-refractivity contribution in [2.24, 2.45) is 10.9 Å². The number of hydrogen-bond acceptors (Lipinski definition) is 4. The van der Waals surface area contributed by atoms with Crippen molar-refractivity contribution in [3.63, 3.8) is 0 Å². The molecule has 0 spiro atoms. The summed E-state index contributed by atoms with van der Waals surface area (Å²) in [7, 11) is -1.25. The van der Waals surface area contributed by atoms with Gasteiger partial charge in [0.1, 0.15) is 15.6 Å². The number of rotatable bonds is 9. The summed E-state index contributed by atoms with van der Waals surface area (Å²) in [5, 5.41) is 6.45. The fourth-order valence-electron chi connectivity index (χ4n) is 2.08. The van der Waals surface area contributed by atoms with Crippen LogP contribution >= 0.6 is 24.0 Å². The lowest BCUT2D eigenvalue weighted by atomic mass is 10.2. The molecule has 0 aromatic heterocycles. The Labute approximate surface area is 175 Å². The zero-order chi connectivity index (χ0) is 18.9. The zero-order valence-electron chi connectivity index (χ0n) is 16.3. The molecule has 2 N–H and O–H groups in total. The molecule has 1 rings (SSSR count). The molecule has 1 aromatic rings. The Morgan fingerprint density at radius 2 is 1.96 bits per heavy atom. The van der Waals surface area contributed by atoms with Crippen molar-refractivity contribution in [1.29, 1.82) is 0 Å². The summed E-state index contributed by atoms with van der Waals surface area (Å²) in [6, 6.07) is 7.97. The van der Waals surface area contributed by atoms with E-state index >= 15 is 0 Å². The highest BCUT2D eigenvalue weighted by Gasteiger charge is 2.09. The molecule has 26 heavy (non-hydrogen) atoms. The van der Waals surface area contributed by atoms with E-state index in [1.54, 1.807) is 7.05 Å². The van der Waals surface area contributed by atoms with Gasteiger partial charge in [0.15, 0.2) is 5.96 Å². The van der Waals surface area contributed by atoms with Gasteiger partial charge in [-0.15, -0.1) is 24.0 Å². The first kappa shape index (κ1) is 25.0. The molecule has 0 aliphatic rings. The number of benzene rings is 1. The molecule has 0 amide bonds. The number of sulfone groups is 1. The van der Waals surface area contributed by atoms with Crippen molar-refractivity contribution < 1.29 is 13.2 Å². The van der Waals surface area contributed by atoms with Crippen molar-refractivity contribution in [3.8, 4) is 5.75 Å². The second-order valence-electron chi connectivity index (χ2n) is 6.74. The molecule has 0 aliphatic heterocycles. The molecular formula is C18H32IN3O3S. The Bertz CT molecular complexity index is 663. The van der Waals surface area contributed by atoms with Crippen molar-refractivity contribution >= 4 is 39.8 Å². The van der Waals surface area contributed by atoms with Gasteiger partial charge in [-0.1, -0.05) is 26.0 Å². The SMILES string of the molecule is CN=C(NCc1cccc(OCC(C)C)c1)NC(C)CCS(C)(=O)=O.I. The van der Waals surface area contributed by atoms with Crippen molar-refractivity contribution in [1.82, 2.24) is 10.6 Å². The van der Waals surface area contributed by atoms with Crippen LogP contribution in [0.25, 0.3) is 0 Å². The number of aliphatic imine (C=N–C) groups is 1. The number of nitrogens with one attached hydrogen (secondary N) is 2. The minimum atomic E-state index is -2.95. The maximum atomic E-state index is 11.2. The highest BCUT2D eigenvalue weighted by molar-refractivity contribution is 14.0. The molecule has 0 bridgehead atoms. The predicted molar refractivity (Wildman–Crippen MR) is 119 cm³/mol. The average Bonchev–Trinajstić information content (AvgIpc) is 2.54. The molecule has 0 saturated carbocycles. The van der Waals surface area contributed by atoms with E-state index in [-0.39, 0.29) is 35.8 Å². The largest absolute Gasteiger partial charge is 0.493 e. The van der Waals surface area contributed by atoms with Gasteiger partial charge in [-0.3, -0.25) is 4.99 Å². The van der Waals surface area contributed by atoms with Crippen LogP contribution in [-0.4, -0.2) is 46.1 Å². The normalized spacial score (nSPS) is 13.1. The van der Waals surface area contributed by atoms with E-state index < -0.39 is 9.84 Å². The van der Waals surface area contributed by atoms with Crippen LogP contribution in [0.3, 0.4) is 0 Å². The molecule has 0 radical (unpaired) electrons. The van der Waals surface area contributed by atoms with Crippen LogP contribution in [0.1, 0.15) is 32.8 Å². The van der Waals surface area contributed by atoms with Gasteiger partial charge >= 0.3 is 0 Å². The molecule has 6 nitrogen and oxygen atoms in total. The van der Waals surface area contributed by atoms with Crippen molar-refractivity contribution in [2.45, 2.75) is 39.8 Å². The molecule has 1 aromatic carbocycles. The second-order valence-corrected chi connectivity index (χ2v) is 9.00. The number of guanidine groups is 1. The highest BCUT2D eigenvalue weighted by atomic mass is 127. The third kappa shape index (κ3) is 11.6. The van der Waals surface area contributed by atoms with Crippen LogP contribution in [0.4, 0.5) is 0 Å². The predicted octanol–water partition coefficient (Wildman–Crippen LogP) is 2.83. The summed E-state index contributed by atoms with van der Waals surface area (Å²) < 4.78 is 28.2. The quantitative estimate of drug-likeness (QED) is 0.312. The second kappa shape index (κ2) is 12.4. The summed E-state index contributed by atoms with van der Waals surface area (Å²) in [5.41, 5.74) is 1.09. The number of nitrogens with zero attached hydrogens (tertiary/aromatic N) is 1. The van der Waals surface area contributed by atoms with Gasteiger partial charge in [0.2, 0.25) is 0 Å². The zero-order valence-corrected chi connectivity index (χ0v) is 19.4. The Hall–Kier alpha value is -1.03. The van der Waals surface area contributed by atoms with Gasteiger partial charge in [-0.25, -0.2) is 8.42 Å². The van der Waals surface area contributed by atoms with Crippen LogP contribution in [0, 0.1) is 5.92 Å². The van der Waals surface area contributed by atoms with Gasteiger partial charge < -0.3 is 15.4 Å². The monoisotopic (exact) mass is 497 g/mol. The van der Waals surface area contributed by atoms with E-state index in [4.69, 9.17) is 4.74 Å². The fourth-order valence-corrected chi connectivity index (χ4v) is 2.87. The maximum absolute atomic E-state index is 11.2. The van der Waals surface area contributed by atoms with Gasteiger partial charge in [0.05, 0.1) is 12.4 Å². The van der Waals surface area contributed by atoms with Gasteiger partial charge in [0, 0.05) is 25.9 Å². The molecule has 0 fully saturated rings. The third-order valence-electron chi connectivity index (χ3n) is 3.47. The first-order chi connectivity index (χ1) is 11.7. The van der Waals surface area contributed by atoms with E-state index in [2.05, 4.69) is 29.5 Å². The molecule has 150 valence electrons. The van der Waals surface area contributed by atoms with Crippen LogP contribution < -0.4 is 15.4 Å². The Kier molecular flexibility index (Phi) is 11.9. The highest BCUT2D eigenvalue weighted by Crippen LogP contribution is 2.14. The van der Waals surface area contributed by atoms with E-state index in [1.807, 2.05) is 31.2 Å². The molecule has 8 heteroatoms. The lowest BCUT2D eigenvalue weighted by Crippen LogP contribution is -2.42. The minimum Gasteiger partial charge on any atom is -0.493 e. The summed E-state index contributed by atoms with van der Waals surface area (Å²) in [6.07, 6.45) is 1.79. The van der Waals surface area contributed by atoms with Crippen LogP contribution in [0.15, 0.2) is 29.3 Å². The Morgan fingerprint density at radius 3 is 2.54 bits per heavy atom. The smallest absolute Gasteiger partial charge is 0.191 e. The standard InChI is InChI=1S/C18H31N3O3S.HI/c1-14(2)13-24-17-8-6-7-16(11-17)12-20-18(19-4)21-15(3)9-10-25(5,22)23;/h6-8,11,14-15H,9-10,12-13H2,1-5H3,(H2,19,20,21);1H. The molecule has 1 unspecified atom stereocenters. The lowest BCUT2D eigenvalue weighted by molar-refractivity contribution is 0.271. The van der Waals surface area contributed by atoms with E-state index in [1.165, 1.54) is 6.26 Å². The van der Waals surface area contributed by atoms with E-state index in [9.17, 15) is 8.42 Å². The molecule has 1 atom stereocenters. The van der Waals surface area contributed by atoms with E-state index in [0.29, 0.717) is 31.4 Å². The summed E-state index contributed by atoms with van der Waals surface area (Å²) in [4.78, 5) is 4.18. The first-order valence-corrected chi connectivity index (χ1v) is 10.6. The Morgan fingerprint density at radius 1 is 1.27 bits per heavy atom. The van der Waals surface area contributed by atoms with Crippen LogP contribution in [0.5, 0.6) is 5.75 Å². The van der Waals surface area contributed by atoms with E-state index in [0.717, 1.165) is 11.3 Å². The summed E-state index contributed by atoms with van der Waals surface area (Å²) >= 11 is 0. The van der Waals surface area contributed by atoms with Gasteiger partial charge in [-0.2, -0.15) is 0 Å². The topological polar surface area (TPSA) is 79.8 Å². The molecular weight excluding hydrogens is 465 g/mol. The molecule has 0 aliphatic carbocycles. The Balaban J connectivity index is 0.00000625. The molecule has 0 heterocycles. The van der Waals surface area contributed by atoms with Gasteiger partial charge in [0.25, 0.3) is 0 Å². The number of hydrogen-bond donors (Lipinski definition) is 2. The number of halogens is 1. The lowest BCUT2D eigenvalue weighted by Gasteiger charge is -2.18. The summed E-state index contributed by atoms with van der Waals surface area (Å²) in [5.74, 6) is 2.15. The fraction of sp³-hybridized carbons (Fsp3) is 0.611. The number of ether oxygens (including phenoxy) is 1. The summed E-state index contributed by atoms with van der Waals surface area (Å²) in [6.45, 7) is 7.48. The molecule has 0 saturated heterocycles. The van der Waals surface area contributed by atoms with Crippen LogP contribution in [-0.2, 0) is 16.4 Å².